The molecule has 0 aliphatic heterocycles. The second kappa shape index (κ2) is 6.70. The maximum Gasteiger partial charge on any atom is 0.416 e. The van der Waals surface area contributed by atoms with Crippen molar-refractivity contribution in [3.05, 3.63) is 65.0 Å². The van der Waals surface area contributed by atoms with E-state index in [1.807, 2.05) is 0 Å². The summed E-state index contributed by atoms with van der Waals surface area (Å²) in [5.74, 6) is -0.516. The Labute approximate surface area is 132 Å². The van der Waals surface area contributed by atoms with Crippen LogP contribution in [0.4, 0.5) is 30.7 Å². The number of benzene rings is 2. The minimum absolute atomic E-state index is 0.0792. The zero-order valence-electron chi connectivity index (χ0n) is 12.0. The largest absolute Gasteiger partial charge is 0.493 e. The maximum absolute atomic E-state index is 13.0. The van der Waals surface area contributed by atoms with Crippen molar-refractivity contribution in [3.8, 4) is 5.75 Å². The molecule has 0 radical (unpaired) electrons. The molecule has 0 spiro atoms. The summed E-state index contributed by atoms with van der Waals surface area (Å²) in [6.07, 6.45) is -9.93. The van der Waals surface area contributed by atoms with Crippen LogP contribution in [-0.2, 0) is 18.8 Å². The smallest absolute Gasteiger partial charge is 0.416 e. The molecule has 2 rings (SSSR count). The van der Waals surface area contributed by atoms with Gasteiger partial charge in [-0.3, -0.25) is 0 Å². The number of hydrogen-bond acceptors (Lipinski definition) is 1. The van der Waals surface area contributed by atoms with Crippen LogP contribution in [-0.4, -0.2) is 6.61 Å². The fourth-order valence-corrected chi connectivity index (χ4v) is 2.09. The van der Waals surface area contributed by atoms with Crippen molar-refractivity contribution in [1.29, 1.82) is 0 Å². The SMILES string of the molecule is Fc1cccc(OCCc2cc(C(F)(F)F)ccc2C(F)(F)F)c1. The molecule has 0 N–H and O–H groups in total. The number of alkyl halides is 6. The van der Waals surface area contributed by atoms with Gasteiger partial charge in [0.05, 0.1) is 17.7 Å². The van der Waals surface area contributed by atoms with E-state index < -0.39 is 41.3 Å². The first-order chi connectivity index (χ1) is 11.1. The predicted molar refractivity (Wildman–Crippen MR) is 72.0 cm³/mol. The summed E-state index contributed by atoms with van der Waals surface area (Å²) < 4.78 is 94.8. The summed E-state index contributed by atoms with van der Waals surface area (Å²) in [5.41, 5.74) is -2.86. The molecule has 2 aromatic rings. The molecule has 0 heterocycles. The third kappa shape index (κ3) is 4.62. The Balaban J connectivity index is 2.20. The zero-order chi connectivity index (χ0) is 18.0. The van der Waals surface area contributed by atoms with Crippen LogP contribution in [0.25, 0.3) is 0 Å². The highest BCUT2D eigenvalue weighted by atomic mass is 19.4. The van der Waals surface area contributed by atoms with Crippen LogP contribution in [0.15, 0.2) is 42.5 Å². The van der Waals surface area contributed by atoms with Crippen LogP contribution < -0.4 is 4.74 Å². The van der Waals surface area contributed by atoms with Gasteiger partial charge in [0.2, 0.25) is 0 Å². The fraction of sp³-hybridized carbons (Fsp3) is 0.250. The standard InChI is InChI=1S/C16H11F7O/c17-12-2-1-3-13(9-12)24-7-6-10-8-11(15(18,19)20)4-5-14(10)16(21,22)23/h1-5,8-9H,6-7H2. The number of ether oxygens (including phenoxy) is 1. The van der Waals surface area contributed by atoms with E-state index in [9.17, 15) is 30.7 Å². The molecular formula is C16H11F7O. The fourth-order valence-electron chi connectivity index (χ4n) is 2.09. The minimum Gasteiger partial charge on any atom is -0.493 e. The van der Waals surface area contributed by atoms with Gasteiger partial charge in [-0.1, -0.05) is 6.07 Å². The van der Waals surface area contributed by atoms with Crippen LogP contribution in [0.1, 0.15) is 16.7 Å². The molecule has 0 amide bonds. The molecule has 0 saturated carbocycles. The normalized spacial score (nSPS) is 12.3. The van der Waals surface area contributed by atoms with Crippen LogP contribution in [0, 0.1) is 5.82 Å². The summed E-state index contributed by atoms with van der Waals surface area (Å²) >= 11 is 0. The molecule has 0 aliphatic rings. The highest BCUT2D eigenvalue weighted by Crippen LogP contribution is 2.36. The molecule has 0 aliphatic carbocycles. The van der Waals surface area contributed by atoms with Crippen molar-refractivity contribution in [1.82, 2.24) is 0 Å². The quantitative estimate of drug-likeness (QED) is 0.662. The van der Waals surface area contributed by atoms with Gasteiger partial charge in [0.25, 0.3) is 0 Å². The van der Waals surface area contributed by atoms with E-state index in [4.69, 9.17) is 4.74 Å². The monoisotopic (exact) mass is 352 g/mol. The van der Waals surface area contributed by atoms with E-state index in [0.29, 0.717) is 18.2 Å². The molecule has 0 fully saturated rings. The molecule has 0 bridgehead atoms. The van der Waals surface area contributed by atoms with E-state index in [1.165, 1.54) is 12.1 Å². The van der Waals surface area contributed by atoms with Gasteiger partial charge in [-0.05, 0) is 35.9 Å². The van der Waals surface area contributed by atoms with E-state index in [1.54, 1.807) is 0 Å². The number of hydrogen-bond donors (Lipinski definition) is 0. The van der Waals surface area contributed by atoms with Crippen LogP contribution in [0.2, 0.25) is 0 Å². The lowest BCUT2D eigenvalue weighted by Crippen LogP contribution is -2.14. The first kappa shape index (κ1) is 18.1. The van der Waals surface area contributed by atoms with Gasteiger partial charge >= 0.3 is 12.4 Å². The van der Waals surface area contributed by atoms with Crippen molar-refractivity contribution in [3.63, 3.8) is 0 Å². The summed E-state index contributed by atoms with van der Waals surface area (Å²) in [4.78, 5) is 0. The van der Waals surface area contributed by atoms with Crippen molar-refractivity contribution in [2.24, 2.45) is 0 Å². The molecule has 2 aromatic carbocycles. The topological polar surface area (TPSA) is 9.23 Å². The van der Waals surface area contributed by atoms with E-state index in [-0.39, 0.29) is 12.4 Å². The van der Waals surface area contributed by atoms with E-state index in [0.717, 1.165) is 12.1 Å². The zero-order valence-corrected chi connectivity index (χ0v) is 12.0. The van der Waals surface area contributed by atoms with Gasteiger partial charge < -0.3 is 4.74 Å². The number of rotatable bonds is 4. The first-order valence-corrected chi connectivity index (χ1v) is 6.73. The molecule has 1 nitrogen and oxygen atoms in total. The Bertz CT molecular complexity index is 704. The average Bonchev–Trinajstić information content (AvgIpc) is 2.45. The molecule has 0 unspecified atom stereocenters. The molecule has 0 aromatic heterocycles. The van der Waals surface area contributed by atoms with E-state index >= 15 is 0 Å². The Hall–Kier alpha value is -2.25. The Morgan fingerprint density at radius 2 is 1.54 bits per heavy atom. The van der Waals surface area contributed by atoms with Crippen molar-refractivity contribution in [2.75, 3.05) is 6.61 Å². The summed E-state index contributed by atoms with van der Waals surface area (Å²) in [7, 11) is 0. The summed E-state index contributed by atoms with van der Waals surface area (Å²) in [5, 5.41) is 0. The molecule has 0 saturated heterocycles. The summed E-state index contributed by atoms with van der Waals surface area (Å²) in [6, 6.07) is 6.16. The van der Waals surface area contributed by atoms with Gasteiger partial charge in [0, 0.05) is 12.5 Å². The van der Waals surface area contributed by atoms with Gasteiger partial charge in [-0.25, -0.2) is 4.39 Å². The van der Waals surface area contributed by atoms with E-state index in [2.05, 4.69) is 0 Å². The van der Waals surface area contributed by atoms with Crippen LogP contribution in [0.5, 0.6) is 5.75 Å². The highest BCUT2D eigenvalue weighted by molar-refractivity contribution is 5.35. The Morgan fingerprint density at radius 3 is 2.12 bits per heavy atom. The molecule has 8 heteroatoms. The minimum atomic E-state index is -4.78. The third-order valence-corrected chi connectivity index (χ3v) is 3.17. The molecule has 0 atom stereocenters. The number of halogens is 7. The second-order valence-corrected chi connectivity index (χ2v) is 4.92. The van der Waals surface area contributed by atoms with Crippen molar-refractivity contribution >= 4 is 0 Å². The third-order valence-electron chi connectivity index (χ3n) is 3.17. The average molecular weight is 352 g/mol. The van der Waals surface area contributed by atoms with Crippen LogP contribution in [0.3, 0.4) is 0 Å². The predicted octanol–water partition coefficient (Wildman–Crippen LogP) is 5.48. The summed E-state index contributed by atoms with van der Waals surface area (Å²) in [6.45, 7) is -0.326. The molecular weight excluding hydrogens is 341 g/mol. The first-order valence-electron chi connectivity index (χ1n) is 6.73. The van der Waals surface area contributed by atoms with Gasteiger partial charge in [-0.15, -0.1) is 0 Å². The lowest BCUT2D eigenvalue weighted by atomic mass is 10.0. The van der Waals surface area contributed by atoms with Crippen molar-refractivity contribution < 1.29 is 35.5 Å². The van der Waals surface area contributed by atoms with Crippen LogP contribution >= 0.6 is 0 Å². The highest BCUT2D eigenvalue weighted by Gasteiger charge is 2.36. The van der Waals surface area contributed by atoms with Crippen molar-refractivity contribution in [2.45, 2.75) is 18.8 Å². The Morgan fingerprint density at radius 1 is 0.833 bits per heavy atom. The lowest BCUT2D eigenvalue weighted by Gasteiger charge is -2.16. The second-order valence-electron chi connectivity index (χ2n) is 4.92. The Kier molecular flexibility index (Phi) is 5.05. The molecule has 24 heavy (non-hydrogen) atoms. The van der Waals surface area contributed by atoms with Gasteiger partial charge in [-0.2, -0.15) is 26.3 Å². The molecule has 130 valence electrons. The van der Waals surface area contributed by atoms with Gasteiger partial charge in [0.15, 0.2) is 0 Å². The van der Waals surface area contributed by atoms with Gasteiger partial charge in [0.1, 0.15) is 11.6 Å². The lowest BCUT2D eigenvalue weighted by molar-refractivity contribution is -0.141. The maximum atomic E-state index is 13.0.